The van der Waals surface area contributed by atoms with E-state index in [2.05, 4.69) is 5.32 Å². The number of hydrogen-bond donors (Lipinski definition) is 4. The van der Waals surface area contributed by atoms with Crippen LogP contribution in [0.25, 0.3) is 0 Å². The van der Waals surface area contributed by atoms with Crippen molar-refractivity contribution in [1.29, 1.82) is 0 Å². The molecule has 1 aromatic heterocycles. The van der Waals surface area contributed by atoms with Crippen molar-refractivity contribution < 1.29 is 24.5 Å². The number of aliphatic hydroxyl groups excluding tert-OH is 2. The Morgan fingerprint density at radius 3 is 2.67 bits per heavy atom. The Bertz CT molecular complexity index is 318. The van der Waals surface area contributed by atoms with Crippen LogP contribution < -0.4 is 5.32 Å². The molecule has 0 aliphatic carbocycles. The normalized spacial score (nSPS) is 10.9. The van der Waals surface area contributed by atoms with Crippen molar-refractivity contribution in [2.24, 2.45) is 0 Å². The topological polar surface area (TPSA) is 103 Å². The molecule has 0 fully saturated rings. The van der Waals surface area contributed by atoms with E-state index in [0.29, 0.717) is 0 Å². The van der Waals surface area contributed by atoms with Gasteiger partial charge in [0.1, 0.15) is 11.3 Å². The van der Waals surface area contributed by atoms with Gasteiger partial charge in [0.2, 0.25) is 0 Å². The quantitative estimate of drug-likeness (QED) is 0.506. The van der Waals surface area contributed by atoms with Crippen LogP contribution in [-0.4, -0.2) is 40.5 Å². The van der Waals surface area contributed by atoms with E-state index in [1.54, 1.807) is 0 Å². The molecule has 0 spiro atoms. The molecule has 0 saturated heterocycles. The summed E-state index contributed by atoms with van der Waals surface area (Å²) in [5, 5.41) is 29.0. The molecule has 0 amide bonds. The van der Waals surface area contributed by atoms with Gasteiger partial charge in [-0.15, -0.1) is 0 Å². The number of aromatic carboxylic acids is 1. The first-order valence-electron chi connectivity index (χ1n) is 4.43. The fourth-order valence-corrected chi connectivity index (χ4v) is 1.09. The summed E-state index contributed by atoms with van der Waals surface area (Å²) >= 11 is 0. The molecule has 0 saturated carbocycles. The zero-order valence-corrected chi connectivity index (χ0v) is 8.01. The predicted octanol–water partition coefficient (Wildman–Crippen LogP) is -0.579. The maximum atomic E-state index is 10.7. The molecule has 15 heavy (non-hydrogen) atoms. The number of hydrogen-bond acceptors (Lipinski definition) is 5. The molecule has 1 aromatic rings. The summed E-state index contributed by atoms with van der Waals surface area (Å²) in [7, 11) is 0. The molecule has 4 N–H and O–H groups in total. The first-order chi connectivity index (χ1) is 7.19. The van der Waals surface area contributed by atoms with Crippen LogP contribution in [-0.2, 0) is 6.54 Å². The van der Waals surface area contributed by atoms with E-state index >= 15 is 0 Å². The second kappa shape index (κ2) is 5.50. The Hall–Kier alpha value is -1.37. The lowest BCUT2D eigenvalue weighted by atomic mass is 10.2. The van der Waals surface area contributed by atoms with Crippen molar-refractivity contribution in [1.82, 2.24) is 5.32 Å². The zero-order chi connectivity index (χ0) is 11.3. The Labute approximate surface area is 86.1 Å². The first kappa shape index (κ1) is 11.7. The lowest BCUT2D eigenvalue weighted by Crippen LogP contribution is -2.35. The van der Waals surface area contributed by atoms with Crippen molar-refractivity contribution in [3.05, 3.63) is 23.7 Å². The lowest BCUT2D eigenvalue weighted by molar-refractivity contribution is 0.0694. The van der Waals surface area contributed by atoms with Gasteiger partial charge in [-0.3, -0.25) is 0 Å². The van der Waals surface area contributed by atoms with E-state index in [1.807, 2.05) is 0 Å². The maximum Gasteiger partial charge on any atom is 0.339 e. The highest BCUT2D eigenvalue weighted by atomic mass is 16.4. The number of nitrogens with one attached hydrogen (secondary N) is 1. The van der Waals surface area contributed by atoms with Crippen molar-refractivity contribution in [3.63, 3.8) is 0 Å². The zero-order valence-electron chi connectivity index (χ0n) is 8.01. The van der Waals surface area contributed by atoms with Gasteiger partial charge in [-0.1, -0.05) is 0 Å². The maximum absolute atomic E-state index is 10.7. The summed E-state index contributed by atoms with van der Waals surface area (Å²) in [6.07, 6.45) is 1.29. The molecule has 1 rings (SSSR count). The molecule has 6 nitrogen and oxygen atoms in total. The van der Waals surface area contributed by atoms with Gasteiger partial charge in [0.05, 0.1) is 32.1 Å². The van der Waals surface area contributed by atoms with Crippen LogP contribution in [0.4, 0.5) is 0 Å². The third-order valence-electron chi connectivity index (χ3n) is 1.97. The Kier molecular flexibility index (Phi) is 4.29. The molecule has 6 heteroatoms. The summed E-state index contributed by atoms with van der Waals surface area (Å²) in [5.74, 6) is -0.792. The van der Waals surface area contributed by atoms with Crippen molar-refractivity contribution in [2.45, 2.75) is 12.6 Å². The van der Waals surface area contributed by atoms with E-state index in [-0.39, 0.29) is 31.1 Å². The number of rotatable bonds is 6. The van der Waals surface area contributed by atoms with Crippen LogP contribution in [0.2, 0.25) is 0 Å². The van der Waals surface area contributed by atoms with Gasteiger partial charge in [-0.2, -0.15) is 0 Å². The Morgan fingerprint density at radius 2 is 2.13 bits per heavy atom. The highest BCUT2D eigenvalue weighted by Gasteiger charge is 2.14. The van der Waals surface area contributed by atoms with Gasteiger partial charge in [0.25, 0.3) is 0 Å². The summed E-state index contributed by atoms with van der Waals surface area (Å²) in [5.41, 5.74) is 0.0807. The van der Waals surface area contributed by atoms with Gasteiger partial charge >= 0.3 is 5.97 Å². The van der Waals surface area contributed by atoms with Crippen molar-refractivity contribution in [3.8, 4) is 0 Å². The molecule has 0 aromatic carbocycles. The van der Waals surface area contributed by atoms with Crippen LogP contribution in [0, 0.1) is 0 Å². The third-order valence-corrected chi connectivity index (χ3v) is 1.97. The minimum absolute atomic E-state index is 0.0807. The molecule has 1 heterocycles. The molecule has 0 atom stereocenters. The smallest absolute Gasteiger partial charge is 0.339 e. The van der Waals surface area contributed by atoms with E-state index < -0.39 is 12.0 Å². The van der Waals surface area contributed by atoms with Crippen LogP contribution in [0.5, 0.6) is 0 Å². The minimum atomic E-state index is -1.06. The van der Waals surface area contributed by atoms with Gasteiger partial charge in [0.15, 0.2) is 0 Å². The molecular weight excluding hydrogens is 202 g/mol. The van der Waals surface area contributed by atoms with E-state index in [0.717, 1.165) is 0 Å². The first-order valence-corrected chi connectivity index (χ1v) is 4.43. The van der Waals surface area contributed by atoms with E-state index in [4.69, 9.17) is 19.7 Å². The van der Waals surface area contributed by atoms with Crippen molar-refractivity contribution >= 4 is 5.97 Å². The molecular formula is C9H13NO5. The summed E-state index contributed by atoms with van der Waals surface area (Å²) in [6.45, 7) is -0.292. The van der Waals surface area contributed by atoms with E-state index in [1.165, 1.54) is 12.3 Å². The summed E-state index contributed by atoms with van der Waals surface area (Å²) in [4.78, 5) is 10.7. The Balaban J connectivity index is 2.57. The fourth-order valence-electron chi connectivity index (χ4n) is 1.09. The van der Waals surface area contributed by atoms with E-state index in [9.17, 15) is 4.79 Å². The molecule has 0 bridgehead atoms. The van der Waals surface area contributed by atoms with Crippen molar-refractivity contribution in [2.75, 3.05) is 13.2 Å². The second-order valence-corrected chi connectivity index (χ2v) is 3.01. The molecule has 0 radical (unpaired) electrons. The molecule has 0 unspecified atom stereocenters. The highest BCUT2D eigenvalue weighted by Crippen LogP contribution is 2.10. The number of aliphatic hydroxyl groups is 2. The second-order valence-electron chi connectivity index (χ2n) is 3.01. The monoisotopic (exact) mass is 215 g/mol. The fraction of sp³-hybridized carbons (Fsp3) is 0.444. The number of furan rings is 1. The van der Waals surface area contributed by atoms with Crippen LogP contribution in [0.3, 0.4) is 0 Å². The van der Waals surface area contributed by atoms with Crippen LogP contribution >= 0.6 is 0 Å². The Morgan fingerprint density at radius 1 is 1.47 bits per heavy atom. The summed E-state index contributed by atoms with van der Waals surface area (Å²) in [6, 6.07) is 0.878. The molecule has 0 aliphatic heterocycles. The number of carbonyl (C=O) groups is 1. The summed E-state index contributed by atoms with van der Waals surface area (Å²) < 4.78 is 4.96. The lowest BCUT2D eigenvalue weighted by Gasteiger charge is -2.11. The SMILES string of the molecule is O=C(O)c1ccoc1CNC(CO)CO. The van der Waals surface area contributed by atoms with Gasteiger partial charge in [-0.25, -0.2) is 4.79 Å². The largest absolute Gasteiger partial charge is 0.478 e. The van der Waals surface area contributed by atoms with Gasteiger partial charge in [-0.05, 0) is 6.07 Å². The van der Waals surface area contributed by atoms with Gasteiger partial charge < -0.3 is 25.1 Å². The average molecular weight is 215 g/mol. The molecule has 0 aliphatic rings. The van der Waals surface area contributed by atoms with Gasteiger partial charge in [0, 0.05) is 0 Å². The van der Waals surface area contributed by atoms with Crippen LogP contribution in [0.1, 0.15) is 16.1 Å². The third kappa shape index (κ3) is 3.05. The standard InChI is InChI=1S/C9H13NO5/c11-4-6(5-12)10-3-8-7(9(13)14)1-2-15-8/h1-2,6,10-12H,3-5H2,(H,13,14). The minimum Gasteiger partial charge on any atom is -0.478 e. The average Bonchev–Trinajstić information content (AvgIpc) is 2.67. The predicted molar refractivity (Wildman–Crippen MR) is 50.5 cm³/mol. The number of carboxylic acid groups (broad SMARTS) is 1. The molecule has 84 valence electrons. The number of carboxylic acids is 1. The highest BCUT2D eigenvalue weighted by molar-refractivity contribution is 5.88. The van der Waals surface area contributed by atoms with Crippen LogP contribution in [0.15, 0.2) is 16.7 Å².